The summed E-state index contributed by atoms with van der Waals surface area (Å²) in [5.74, 6) is -15.9. The van der Waals surface area contributed by atoms with Crippen molar-refractivity contribution in [2.75, 3.05) is 195 Å². The normalized spacial score (nSPS) is 12.9. The van der Waals surface area contributed by atoms with E-state index in [1.807, 2.05) is 18.4 Å². The Labute approximate surface area is 781 Å². The molecule has 0 radical (unpaired) electrons. The third-order valence-corrected chi connectivity index (χ3v) is 21.6. The third kappa shape index (κ3) is 32.7. The van der Waals surface area contributed by atoms with Crippen LogP contribution in [0.25, 0.3) is 22.1 Å². The van der Waals surface area contributed by atoms with Gasteiger partial charge in [-0.25, -0.2) is 23.5 Å². The van der Waals surface area contributed by atoms with E-state index < -0.39 is 116 Å². The lowest BCUT2D eigenvalue weighted by atomic mass is 10.0. The fraction of sp³-hybridized carbons (Fsp3) is 0.534. The van der Waals surface area contributed by atoms with Crippen molar-refractivity contribution in [3.8, 4) is 17.2 Å². The number of carbonyl (C=O) groups excluding carboxylic acids is 9. The highest BCUT2D eigenvalue weighted by Gasteiger charge is 2.36. The highest BCUT2D eigenvalue weighted by Crippen LogP contribution is 2.36. The Hall–Kier alpha value is -11.9. The first-order valence-electron chi connectivity index (χ1n) is 44.3. The molecule has 746 valence electrons. The van der Waals surface area contributed by atoms with Crippen molar-refractivity contribution in [2.45, 2.75) is 130 Å². The van der Waals surface area contributed by atoms with Crippen LogP contribution < -0.4 is 52.3 Å². The number of benzene rings is 4. The maximum atomic E-state index is 14.1. The molecule has 9 rings (SSSR count). The maximum absolute atomic E-state index is 14.1. The molecule has 48 heteroatoms. The third-order valence-electron chi connectivity index (χ3n) is 20.8. The van der Waals surface area contributed by atoms with Crippen molar-refractivity contribution < 1.29 is 140 Å². The van der Waals surface area contributed by atoms with Crippen LogP contribution in [-0.2, 0) is 114 Å². The minimum absolute atomic E-state index is 0.00263. The lowest BCUT2D eigenvalue weighted by Crippen LogP contribution is -2.53. The van der Waals surface area contributed by atoms with Crippen molar-refractivity contribution in [2.24, 2.45) is 17.4 Å². The highest BCUT2D eigenvalue weighted by atomic mass is 32.2. The highest BCUT2D eigenvalue weighted by molar-refractivity contribution is 7.85. The second-order valence-electron chi connectivity index (χ2n) is 31.2. The molecule has 0 spiro atoms. The van der Waals surface area contributed by atoms with Gasteiger partial charge in [-0.3, -0.25) is 67.8 Å². The van der Waals surface area contributed by atoms with Crippen LogP contribution in [-0.4, -0.2) is 306 Å². The number of nitrogens with two attached hydrogens (primary N) is 2. The van der Waals surface area contributed by atoms with Crippen LogP contribution in [0.4, 0.5) is 39.9 Å². The van der Waals surface area contributed by atoms with Crippen LogP contribution in [0, 0.1) is 43.0 Å². The summed E-state index contributed by atoms with van der Waals surface area (Å²) in [5, 5.41) is 23.0. The van der Waals surface area contributed by atoms with Crippen LogP contribution in [0.5, 0.6) is 17.2 Å². The number of aryl methyl sites for hydroxylation is 6. The lowest BCUT2D eigenvalue weighted by Gasteiger charge is -2.34. The quantitative estimate of drug-likeness (QED) is 0.00518. The van der Waals surface area contributed by atoms with Gasteiger partial charge >= 0.3 is 22.2 Å². The van der Waals surface area contributed by atoms with Gasteiger partial charge in [0.05, 0.1) is 175 Å². The zero-order valence-electron chi connectivity index (χ0n) is 77.2. The largest absolute Gasteiger partial charge is 0.494 e. The van der Waals surface area contributed by atoms with E-state index in [0.717, 1.165) is 0 Å². The second-order valence-corrected chi connectivity index (χ2v) is 32.5. The van der Waals surface area contributed by atoms with E-state index in [9.17, 15) is 69.1 Å². The smallest absolute Gasteiger partial charge is 0.410 e. The lowest BCUT2D eigenvalue weighted by molar-refractivity contribution is -0.136. The molecule has 0 bridgehead atoms. The number of methoxy groups -OCH3 is 1. The molecule has 1 aliphatic rings. The Bertz CT molecular complexity index is 5430. The summed E-state index contributed by atoms with van der Waals surface area (Å²) in [6.07, 6.45) is 0.312. The Morgan fingerprint density at radius 2 is 0.934 bits per heavy atom. The van der Waals surface area contributed by atoms with E-state index in [0.29, 0.717) is 205 Å². The number of aromatic nitrogens is 8. The standard InChI is InChI=1S/C88H119F4N17O26S/c1-9-108-65(48-56(5)102-108)83(115)100-86-97-63-50-60(80(93)112)52-67(122-8)76(63)106(86)21-11-12-22-107-77-64(98-87(107)101-84(116)66-49-57(6)103-109(66)10-2)51-61(81(94)113)53-68(77)133-27-13-20-104-23-25-105(26-24-104)88(118)134-54-59-14-16-62(17-15-59)96-82(114)58(7)95-85(117)75(55(3)4)99-69(110)18-28-123-30-32-125-34-36-127-38-40-129-42-44-131-46-47-132-45-43-130-41-39-128-37-35-126-33-31-124-29-19-70(111)135-78-71(89)73(91)79(136(119,120)121)74(92)72(78)90/h14-17,48-53,55,58,75H,9-13,18-47,54H2,1-8H3,(H2,93,112)(H2,94,113)(H,95,117)(H,96,114)(H,99,110)(H,97,100,115)(H,98,101,116)(H,119,120,121)/t58-,75-/m0/s1. The van der Waals surface area contributed by atoms with Gasteiger partial charge in [-0.1, -0.05) is 26.0 Å². The molecular formula is C88H119F4N17O26S. The molecule has 1 aliphatic heterocycles. The van der Waals surface area contributed by atoms with Gasteiger partial charge in [0.15, 0.2) is 16.5 Å². The molecule has 10 N–H and O–H groups in total. The number of hydrogen-bond donors (Lipinski definition) is 8. The van der Waals surface area contributed by atoms with Gasteiger partial charge in [0, 0.05) is 82.1 Å². The minimum Gasteiger partial charge on any atom is -0.494 e. The molecule has 4 aromatic heterocycles. The first-order valence-corrected chi connectivity index (χ1v) is 45.7. The van der Waals surface area contributed by atoms with Crippen molar-refractivity contribution in [3.05, 3.63) is 123 Å². The summed E-state index contributed by atoms with van der Waals surface area (Å²) in [6.45, 7) is 21.1. The molecule has 2 atom stereocenters. The zero-order valence-corrected chi connectivity index (χ0v) is 78.0. The number of imidazole rings is 2. The molecule has 4 aromatic carbocycles. The topological polar surface area (TPSA) is 527 Å². The van der Waals surface area contributed by atoms with Crippen molar-refractivity contribution in [1.82, 2.24) is 59.1 Å². The van der Waals surface area contributed by atoms with Crippen LogP contribution in [0.1, 0.15) is 125 Å². The summed E-state index contributed by atoms with van der Waals surface area (Å²) in [5.41, 5.74) is 16.6. The number of nitrogens with one attached hydrogen (secondary N) is 5. The van der Waals surface area contributed by atoms with Crippen LogP contribution in [0.3, 0.4) is 0 Å². The number of unbranched alkanes of at least 4 members (excludes halogenated alkanes) is 1. The van der Waals surface area contributed by atoms with Crippen molar-refractivity contribution in [1.29, 1.82) is 0 Å². The fourth-order valence-corrected chi connectivity index (χ4v) is 14.5. The first-order chi connectivity index (χ1) is 65.3. The summed E-state index contributed by atoms with van der Waals surface area (Å²) in [6, 6.07) is 14.3. The average Bonchev–Trinajstić information content (AvgIpc) is 1.63. The number of rotatable bonds is 62. The van der Waals surface area contributed by atoms with Crippen molar-refractivity contribution in [3.63, 3.8) is 0 Å². The number of ether oxygens (including phenoxy) is 14. The van der Waals surface area contributed by atoms with Gasteiger partial charge in [0.25, 0.3) is 11.8 Å². The minimum atomic E-state index is -5.67. The van der Waals surface area contributed by atoms with Crippen LogP contribution >= 0.6 is 0 Å². The number of esters is 1. The van der Waals surface area contributed by atoms with Gasteiger partial charge in [-0.05, 0) is 114 Å². The summed E-state index contributed by atoms with van der Waals surface area (Å²) in [4.78, 5) is 129. The van der Waals surface area contributed by atoms with Crippen molar-refractivity contribution >= 4 is 103 Å². The summed E-state index contributed by atoms with van der Waals surface area (Å²) >= 11 is 0. The maximum Gasteiger partial charge on any atom is 0.410 e. The predicted octanol–water partition coefficient (Wildman–Crippen LogP) is 6.29. The number of nitrogens with zero attached hydrogens (tertiary/aromatic N) is 10. The van der Waals surface area contributed by atoms with Gasteiger partial charge in [-0.2, -0.15) is 27.4 Å². The molecule has 1 fully saturated rings. The molecule has 1 saturated heterocycles. The molecule has 5 heterocycles. The second kappa shape index (κ2) is 54.7. The average molecular weight is 1940 g/mol. The molecular weight excluding hydrogens is 1820 g/mol. The molecule has 43 nitrogen and oxygen atoms in total. The number of amides is 8. The van der Waals surface area contributed by atoms with Gasteiger partial charge in [0.2, 0.25) is 58.8 Å². The molecule has 8 amide bonds. The Kier molecular flexibility index (Phi) is 43.3. The molecule has 0 aliphatic carbocycles. The number of hydrogen-bond acceptors (Lipinski definition) is 30. The number of fused-ring (bicyclic) bond motifs is 2. The number of carbonyl (C=O) groups is 9. The SMILES string of the molecule is CCn1nc(C)cc1C(=O)Nc1nc2cc(C(N)=O)cc(OC)c2n1CCCCn1c(NC(=O)c2cc(C)nn2CC)nc2cc(C(N)=O)cc(OCCCN3CCN(C(=O)OCc4ccc(NC(=O)[C@H](C)NC(=O)[C@@H](NC(=O)CCOCCOCCOCCOCCOCCOCCOCCOCCOCCOCCC(=O)Oc5c(F)c(F)c(S(=O)(=O)O)c(F)c5F)C(C)C)cc4)CC3)c21. The Balaban J connectivity index is 0.586. The number of halogens is 4. The molecule has 8 aromatic rings. The van der Waals surface area contributed by atoms with E-state index in [1.165, 1.54) is 26.2 Å². The monoisotopic (exact) mass is 1940 g/mol. The summed E-state index contributed by atoms with van der Waals surface area (Å²) < 4.78 is 170. The van der Waals surface area contributed by atoms with E-state index in [2.05, 4.69) is 46.4 Å². The number of anilines is 3. The number of piperazine rings is 1. The zero-order chi connectivity index (χ0) is 98.4. The predicted molar refractivity (Wildman–Crippen MR) is 480 cm³/mol. The van der Waals surface area contributed by atoms with E-state index in [1.54, 1.807) is 95.1 Å². The van der Waals surface area contributed by atoms with E-state index in [-0.39, 0.29) is 121 Å². The first kappa shape index (κ1) is 108. The number of primary amides is 2. The molecule has 0 saturated carbocycles. The van der Waals surface area contributed by atoms with Gasteiger partial charge in [-0.15, -0.1) is 0 Å². The fourth-order valence-electron chi connectivity index (χ4n) is 13.9. The van der Waals surface area contributed by atoms with Gasteiger partial charge in [0.1, 0.15) is 52.6 Å². The van der Waals surface area contributed by atoms with Crippen LogP contribution in [0.2, 0.25) is 0 Å². The summed E-state index contributed by atoms with van der Waals surface area (Å²) in [7, 11) is -4.22. The molecule has 0 unspecified atom stereocenters. The van der Waals surface area contributed by atoms with E-state index >= 15 is 0 Å². The Morgan fingerprint density at radius 3 is 1.35 bits per heavy atom. The molecule has 136 heavy (non-hydrogen) atoms. The van der Waals surface area contributed by atoms with Crippen LogP contribution in [0.15, 0.2) is 65.6 Å². The Morgan fingerprint density at radius 1 is 0.507 bits per heavy atom. The van der Waals surface area contributed by atoms with E-state index in [4.69, 9.17) is 87.6 Å². The van der Waals surface area contributed by atoms with Gasteiger partial charge < -0.3 is 108 Å².